The third-order valence-electron chi connectivity index (χ3n) is 2.47. The normalized spacial score (nSPS) is 10.1. The van der Waals surface area contributed by atoms with Crippen molar-refractivity contribution < 1.29 is 14.7 Å². The van der Waals surface area contributed by atoms with Crippen molar-refractivity contribution in [2.24, 2.45) is 0 Å². The maximum absolute atomic E-state index is 11.8. The Morgan fingerprint density at radius 1 is 1.39 bits per heavy atom. The van der Waals surface area contributed by atoms with Crippen molar-refractivity contribution in [1.29, 1.82) is 0 Å². The van der Waals surface area contributed by atoms with Crippen LogP contribution in [0.4, 0.5) is 10.5 Å². The Morgan fingerprint density at radius 2 is 2.17 bits per heavy atom. The van der Waals surface area contributed by atoms with Crippen LogP contribution in [-0.4, -0.2) is 26.7 Å². The highest BCUT2D eigenvalue weighted by Gasteiger charge is 2.09. The number of nitrogens with one attached hydrogen (secondary N) is 1. The lowest BCUT2D eigenvalue weighted by Gasteiger charge is -2.09. The predicted molar refractivity (Wildman–Crippen MR) is 64.8 cm³/mol. The Morgan fingerprint density at radius 3 is 2.78 bits per heavy atom. The molecule has 0 saturated heterocycles. The van der Waals surface area contributed by atoms with Gasteiger partial charge in [0.25, 0.3) is 0 Å². The van der Waals surface area contributed by atoms with Gasteiger partial charge in [-0.1, -0.05) is 6.07 Å². The lowest BCUT2D eigenvalue weighted by atomic mass is 10.1. The molecule has 0 aliphatic rings. The predicted octanol–water partition coefficient (Wildman–Crippen LogP) is 1.97. The molecule has 6 heteroatoms. The highest BCUT2D eigenvalue weighted by molar-refractivity contribution is 5.94. The molecular formula is C12H11N3O3. The van der Waals surface area contributed by atoms with Crippen molar-refractivity contribution in [2.75, 3.05) is 5.32 Å². The maximum atomic E-state index is 11.8. The third-order valence-corrected chi connectivity index (χ3v) is 2.47. The number of rotatable bonds is 2. The van der Waals surface area contributed by atoms with Crippen LogP contribution in [0.3, 0.4) is 0 Å². The molecule has 0 unspecified atom stereocenters. The van der Waals surface area contributed by atoms with Crippen molar-refractivity contribution in [3.8, 4) is 0 Å². The standard InChI is InChI=1S/C12H11N3O3/c1-8-2-3-9(11(16)17)6-10(8)14-12(18)15-5-4-13-7-15/h2-7H,1H3,(H,14,18)(H,16,17). The number of nitrogens with zero attached hydrogens (tertiary/aromatic N) is 2. The van der Waals surface area contributed by atoms with E-state index >= 15 is 0 Å². The summed E-state index contributed by atoms with van der Waals surface area (Å²) in [4.78, 5) is 26.4. The van der Waals surface area contributed by atoms with Crippen LogP contribution in [0.15, 0.2) is 36.9 Å². The second-order valence-electron chi connectivity index (χ2n) is 3.73. The molecular weight excluding hydrogens is 234 g/mol. The van der Waals surface area contributed by atoms with Crippen LogP contribution in [-0.2, 0) is 0 Å². The van der Waals surface area contributed by atoms with Crippen molar-refractivity contribution in [1.82, 2.24) is 9.55 Å². The molecule has 2 N–H and O–H groups in total. The van der Waals surface area contributed by atoms with Crippen LogP contribution in [0.1, 0.15) is 15.9 Å². The van der Waals surface area contributed by atoms with Crippen molar-refractivity contribution >= 4 is 17.7 Å². The van der Waals surface area contributed by atoms with Gasteiger partial charge in [-0.3, -0.25) is 4.57 Å². The molecule has 0 fully saturated rings. The number of carboxylic acids is 1. The van der Waals surface area contributed by atoms with Gasteiger partial charge in [0, 0.05) is 18.1 Å². The molecule has 0 radical (unpaired) electrons. The van der Waals surface area contributed by atoms with Crippen LogP contribution < -0.4 is 5.32 Å². The number of aromatic carboxylic acids is 1. The van der Waals surface area contributed by atoms with Gasteiger partial charge in [0.15, 0.2) is 0 Å². The molecule has 18 heavy (non-hydrogen) atoms. The maximum Gasteiger partial charge on any atom is 0.335 e. The zero-order valence-electron chi connectivity index (χ0n) is 9.62. The second-order valence-corrected chi connectivity index (χ2v) is 3.73. The molecule has 0 aliphatic heterocycles. The third kappa shape index (κ3) is 2.37. The Balaban J connectivity index is 2.26. The summed E-state index contributed by atoms with van der Waals surface area (Å²) in [5, 5.41) is 11.5. The fourth-order valence-electron chi connectivity index (χ4n) is 1.45. The highest BCUT2D eigenvalue weighted by atomic mass is 16.4. The number of carbonyl (C=O) groups is 2. The van der Waals surface area contributed by atoms with E-state index in [1.165, 1.54) is 35.4 Å². The van der Waals surface area contributed by atoms with E-state index in [1.54, 1.807) is 13.0 Å². The number of benzene rings is 1. The van der Waals surface area contributed by atoms with Crippen LogP contribution in [0.5, 0.6) is 0 Å². The van der Waals surface area contributed by atoms with Gasteiger partial charge >= 0.3 is 12.0 Å². The van der Waals surface area contributed by atoms with Crippen LogP contribution in [0.2, 0.25) is 0 Å². The molecule has 0 saturated carbocycles. The molecule has 0 aliphatic carbocycles. The Labute approximate surface area is 103 Å². The smallest absolute Gasteiger partial charge is 0.335 e. The van der Waals surface area contributed by atoms with E-state index in [2.05, 4.69) is 10.3 Å². The lowest BCUT2D eigenvalue weighted by molar-refractivity contribution is 0.0697. The number of amides is 1. The number of aromatic nitrogens is 2. The van der Waals surface area contributed by atoms with Gasteiger partial charge in [0.1, 0.15) is 6.33 Å². The van der Waals surface area contributed by atoms with E-state index in [0.29, 0.717) is 5.69 Å². The van der Waals surface area contributed by atoms with Gasteiger partial charge in [-0.05, 0) is 24.6 Å². The van der Waals surface area contributed by atoms with Gasteiger partial charge < -0.3 is 10.4 Å². The van der Waals surface area contributed by atoms with E-state index in [1.807, 2.05) is 0 Å². The molecule has 6 nitrogen and oxygen atoms in total. The number of aryl methyl sites for hydroxylation is 1. The quantitative estimate of drug-likeness (QED) is 0.847. The summed E-state index contributed by atoms with van der Waals surface area (Å²) in [6, 6.07) is 4.17. The van der Waals surface area contributed by atoms with Crippen molar-refractivity contribution in [3.05, 3.63) is 48.0 Å². The first-order valence-electron chi connectivity index (χ1n) is 5.21. The van der Waals surface area contributed by atoms with E-state index in [4.69, 9.17) is 5.11 Å². The lowest BCUT2D eigenvalue weighted by Crippen LogP contribution is -2.18. The molecule has 0 bridgehead atoms. The summed E-state index contributed by atoms with van der Waals surface area (Å²) in [6.45, 7) is 1.79. The molecule has 2 aromatic rings. The molecule has 0 atom stereocenters. The number of carboxylic acid groups (broad SMARTS) is 1. The van der Waals surface area contributed by atoms with E-state index < -0.39 is 12.0 Å². The summed E-state index contributed by atoms with van der Waals surface area (Å²) in [7, 11) is 0. The zero-order chi connectivity index (χ0) is 13.1. The Kier molecular flexibility index (Phi) is 3.09. The number of anilines is 1. The topological polar surface area (TPSA) is 84.2 Å². The first-order valence-corrected chi connectivity index (χ1v) is 5.21. The van der Waals surface area contributed by atoms with Gasteiger partial charge in [-0.15, -0.1) is 0 Å². The molecule has 1 heterocycles. The van der Waals surface area contributed by atoms with E-state index in [9.17, 15) is 9.59 Å². The van der Waals surface area contributed by atoms with Gasteiger partial charge in [0.2, 0.25) is 0 Å². The molecule has 1 aromatic carbocycles. The first-order chi connectivity index (χ1) is 8.58. The van der Waals surface area contributed by atoms with Gasteiger partial charge in [-0.2, -0.15) is 0 Å². The number of hydrogen-bond donors (Lipinski definition) is 2. The molecule has 2 rings (SSSR count). The van der Waals surface area contributed by atoms with Crippen LogP contribution in [0, 0.1) is 6.92 Å². The highest BCUT2D eigenvalue weighted by Crippen LogP contribution is 2.17. The van der Waals surface area contributed by atoms with E-state index in [0.717, 1.165) is 5.56 Å². The molecule has 92 valence electrons. The summed E-state index contributed by atoms with van der Waals surface area (Å²) in [6.07, 6.45) is 4.36. The average Bonchev–Trinajstić information content (AvgIpc) is 2.85. The number of hydrogen-bond acceptors (Lipinski definition) is 3. The van der Waals surface area contributed by atoms with Crippen LogP contribution in [0.25, 0.3) is 0 Å². The van der Waals surface area contributed by atoms with Gasteiger partial charge in [-0.25, -0.2) is 14.6 Å². The second kappa shape index (κ2) is 4.70. The summed E-state index contributed by atoms with van der Waals surface area (Å²) < 4.78 is 1.27. The fraction of sp³-hybridized carbons (Fsp3) is 0.0833. The molecule has 1 aromatic heterocycles. The van der Waals surface area contributed by atoms with Gasteiger partial charge in [0.05, 0.1) is 5.56 Å². The molecule has 1 amide bonds. The van der Waals surface area contributed by atoms with Crippen LogP contribution >= 0.6 is 0 Å². The Bertz CT molecular complexity index is 591. The minimum absolute atomic E-state index is 0.126. The minimum atomic E-state index is -1.03. The average molecular weight is 245 g/mol. The van der Waals surface area contributed by atoms with Crippen molar-refractivity contribution in [3.63, 3.8) is 0 Å². The summed E-state index contributed by atoms with van der Waals surface area (Å²) in [5.74, 6) is -1.03. The van der Waals surface area contributed by atoms with Crippen molar-refractivity contribution in [2.45, 2.75) is 6.92 Å². The summed E-state index contributed by atoms with van der Waals surface area (Å²) in [5.41, 5.74) is 1.38. The fourth-order valence-corrected chi connectivity index (χ4v) is 1.45. The minimum Gasteiger partial charge on any atom is -0.478 e. The zero-order valence-corrected chi connectivity index (χ0v) is 9.62. The number of imidazole rings is 1. The Hall–Kier alpha value is -2.63. The largest absolute Gasteiger partial charge is 0.478 e. The van der Waals surface area contributed by atoms with E-state index in [-0.39, 0.29) is 5.56 Å². The molecule has 0 spiro atoms. The SMILES string of the molecule is Cc1ccc(C(=O)O)cc1NC(=O)n1ccnc1. The first kappa shape index (κ1) is 11.8. The number of carbonyl (C=O) groups excluding carboxylic acids is 1. The monoisotopic (exact) mass is 245 g/mol. The summed E-state index contributed by atoms with van der Waals surface area (Å²) >= 11 is 0.